The average molecular weight is 389 g/mol. The lowest BCUT2D eigenvalue weighted by molar-refractivity contribution is 0.0704. The molecule has 3 aromatic rings. The van der Waals surface area contributed by atoms with Gasteiger partial charge in [0.05, 0.1) is 11.9 Å². The van der Waals surface area contributed by atoms with Gasteiger partial charge in [0.15, 0.2) is 0 Å². The third kappa shape index (κ3) is 4.56. The molecule has 0 saturated carbocycles. The van der Waals surface area contributed by atoms with E-state index in [4.69, 9.17) is 4.74 Å². The van der Waals surface area contributed by atoms with Crippen molar-refractivity contribution in [2.24, 2.45) is 0 Å². The van der Waals surface area contributed by atoms with E-state index >= 15 is 0 Å². The highest BCUT2D eigenvalue weighted by atomic mass is 16.5. The van der Waals surface area contributed by atoms with Crippen LogP contribution in [0.5, 0.6) is 11.6 Å². The van der Waals surface area contributed by atoms with E-state index in [2.05, 4.69) is 19.9 Å². The number of amides is 1. The molecule has 0 bridgehead atoms. The third-order valence-corrected chi connectivity index (χ3v) is 4.96. The van der Waals surface area contributed by atoms with Crippen LogP contribution in [-0.4, -0.2) is 43.8 Å². The van der Waals surface area contributed by atoms with E-state index in [1.165, 1.54) is 0 Å². The molecule has 0 spiro atoms. The molecule has 1 aliphatic rings. The standard InChI is InChI=1S/C22H23N5O2/c1-15-12-20(29-18-6-4-3-5-7-18)26-21(25-15)17-8-10-27(11-9-17)22(28)19-14-23-16(2)13-24-19/h3-7,12-14,17H,8-11H2,1-2H3. The molecular weight excluding hydrogens is 366 g/mol. The quantitative estimate of drug-likeness (QED) is 0.677. The number of nitrogens with zero attached hydrogens (tertiary/aromatic N) is 5. The van der Waals surface area contributed by atoms with E-state index in [1.807, 2.05) is 55.1 Å². The molecule has 1 saturated heterocycles. The normalized spacial score (nSPS) is 14.6. The molecule has 3 heterocycles. The van der Waals surface area contributed by atoms with Gasteiger partial charge in [-0.3, -0.25) is 9.78 Å². The second-order valence-corrected chi connectivity index (χ2v) is 7.23. The van der Waals surface area contributed by atoms with Crippen LogP contribution in [0.15, 0.2) is 48.8 Å². The molecule has 0 aliphatic carbocycles. The first kappa shape index (κ1) is 19.0. The van der Waals surface area contributed by atoms with Crippen LogP contribution in [-0.2, 0) is 0 Å². The summed E-state index contributed by atoms with van der Waals surface area (Å²) in [5, 5.41) is 0. The first-order valence-electron chi connectivity index (χ1n) is 9.75. The Morgan fingerprint density at radius 3 is 2.45 bits per heavy atom. The Morgan fingerprint density at radius 2 is 1.76 bits per heavy atom. The van der Waals surface area contributed by atoms with Gasteiger partial charge in [-0.05, 0) is 38.8 Å². The minimum Gasteiger partial charge on any atom is -0.439 e. The number of aromatic nitrogens is 4. The fourth-order valence-electron chi connectivity index (χ4n) is 3.41. The molecule has 4 rings (SSSR count). The van der Waals surface area contributed by atoms with Crippen molar-refractivity contribution in [2.75, 3.05) is 13.1 Å². The Kier molecular flexibility index (Phi) is 5.46. The van der Waals surface area contributed by atoms with E-state index in [9.17, 15) is 4.79 Å². The predicted molar refractivity (Wildman–Crippen MR) is 108 cm³/mol. The van der Waals surface area contributed by atoms with Crippen LogP contribution in [0.2, 0.25) is 0 Å². The molecule has 0 radical (unpaired) electrons. The van der Waals surface area contributed by atoms with E-state index < -0.39 is 0 Å². The summed E-state index contributed by atoms with van der Waals surface area (Å²) >= 11 is 0. The summed E-state index contributed by atoms with van der Waals surface area (Å²) in [4.78, 5) is 32.1. The summed E-state index contributed by atoms with van der Waals surface area (Å²) in [6.07, 6.45) is 4.77. The maximum Gasteiger partial charge on any atom is 0.274 e. The fourth-order valence-corrected chi connectivity index (χ4v) is 3.41. The third-order valence-electron chi connectivity index (χ3n) is 4.96. The topological polar surface area (TPSA) is 81.1 Å². The van der Waals surface area contributed by atoms with Crippen LogP contribution in [0.1, 0.15) is 46.5 Å². The number of benzene rings is 1. The second-order valence-electron chi connectivity index (χ2n) is 7.23. The van der Waals surface area contributed by atoms with Crippen molar-refractivity contribution in [1.29, 1.82) is 0 Å². The Bertz CT molecular complexity index is 984. The summed E-state index contributed by atoms with van der Waals surface area (Å²) in [5.74, 6) is 2.19. The lowest BCUT2D eigenvalue weighted by Gasteiger charge is -2.31. The first-order chi connectivity index (χ1) is 14.1. The molecule has 1 fully saturated rings. The minimum absolute atomic E-state index is 0.0748. The van der Waals surface area contributed by atoms with Crippen molar-refractivity contribution in [2.45, 2.75) is 32.6 Å². The van der Waals surface area contributed by atoms with Gasteiger partial charge in [0, 0.05) is 37.0 Å². The number of piperidine rings is 1. The van der Waals surface area contributed by atoms with E-state index in [-0.39, 0.29) is 11.8 Å². The fraction of sp³-hybridized carbons (Fsp3) is 0.318. The molecule has 0 atom stereocenters. The van der Waals surface area contributed by atoms with Crippen molar-refractivity contribution in [3.05, 3.63) is 71.7 Å². The highest BCUT2D eigenvalue weighted by Gasteiger charge is 2.27. The molecule has 1 aliphatic heterocycles. The van der Waals surface area contributed by atoms with Crippen LogP contribution in [0, 0.1) is 13.8 Å². The zero-order valence-electron chi connectivity index (χ0n) is 16.6. The van der Waals surface area contributed by atoms with E-state index in [1.54, 1.807) is 12.4 Å². The zero-order valence-corrected chi connectivity index (χ0v) is 16.6. The summed E-state index contributed by atoms with van der Waals surface area (Å²) in [6.45, 7) is 5.08. The molecule has 148 valence electrons. The zero-order chi connectivity index (χ0) is 20.2. The Morgan fingerprint density at radius 1 is 1.00 bits per heavy atom. The van der Waals surface area contributed by atoms with E-state index in [0.717, 1.165) is 35.8 Å². The average Bonchev–Trinajstić information content (AvgIpc) is 2.74. The number of carbonyl (C=O) groups excluding carboxylic acids is 1. The predicted octanol–water partition coefficient (Wildman–Crippen LogP) is 3.70. The summed E-state index contributed by atoms with van der Waals surface area (Å²) in [7, 11) is 0. The lowest BCUT2D eigenvalue weighted by atomic mass is 9.95. The highest BCUT2D eigenvalue weighted by Crippen LogP contribution is 2.29. The molecule has 1 aromatic carbocycles. The SMILES string of the molecule is Cc1cnc(C(=O)N2CCC(c3nc(C)cc(Oc4ccccc4)n3)CC2)cn1. The van der Waals surface area contributed by atoms with Gasteiger partial charge >= 0.3 is 0 Å². The van der Waals surface area contributed by atoms with Crippen molar-refractivity contribution in [1.82, 2.24) is 24.8 Å². The van der Waals surface area contributed by atoms with Gasteiger partial charge in [-0.25, -0.2) is 9.97 Å². The number of likely N-dealkylation sites (tertiary alicyclic amines) is 1. The number of aryl methyl sites for hydroxylation is 2. The van der Waals surface area contributed by atoms with Gasteiger partial charge in [-0.1, -0.05) is 18.2 Å². The van der Waals surface area contributed by atoms with Gasteiger partial charge in [-0.15, -0.1) is 0 Å². The Labute approximate surface area is 169 Å². The lowest BCUT2D eigenvalue weighted by Crippen LogP contribution is -2.38. The second kappa shape index (κ2) is 8.34. The van der Waals surface area contributed by atoms with Crippen molar-refractivity contribution < 1.29 is 9.53 Å². The van der Waals surface area contributed by atoms with Crippen LogP contribution >= 0.6 is 0 Å². The minimum atomic E-state index is -0.0748. The Balaban J connectivity index is 1.43. The highest BCUT2D eigenvalue weighted by molar-refractivity contribution is 5.92. The molecule has 7 heteroatoms. The number of carbonyl (C=O) groups is 1. The largest absolute Gasteiger partial charge is 0.439 e. The summed E-state index contributed by atoms with van der Waals surface area (Å²) < 4.78 is 5.89. The monoisotopic (exact) mass is 389 g/mol. The molecule has 0 unspecified atom stereocenters. The van der Waals surface area contributed by atoms with Crippen LogP contribution < -0.4 is 4.74 Å². The van der Waals surface area contributed by atoms with Crippen LogP contribution in [0.4, 0.5) is 0 Å². The molecule has 7 nitrogen and oxygen atoms in total. The first-order valence-corrected chi connectivity index (χ1v) is 9.75. The van der Waals surface area contributed by atoms with Gasteiger partial charge in [0.25, 0.3) is 5.91 Å². The Hall–Kier alpha value is -3.35. The molecule has 29 heavy (non-hydrogen) atoms. The smallest absolute Gasteiger partial charge is 0.274 e. The van der Waals surface area contributed by atoms with Gasteiger partial charge < -0.3 is 9.64 Å². The molecule has 2 aromatic heterocycles. The molecular formula is C22H23N5O2. The van der Waals surface area contributed by atoms with Crippen molar-refractivity contribution in [3.63, 3.8) is 0 Å². The van der Waals surface area contributed by atoms with Crippen molar-refractivity contribution >= 4 is 5.91 Å². The van der Waals surface area contributed by atoms with Gasteiger partial charge in [0.2, 0.25) is 5.88 Å². The van der Waals surface area contributed by atoms with Crippen LogP contribution in [0.25, 0.3) is 0 Å². The van der Waals surface area contributed by atoms with E-state index in [0.29, 0.717) is 24.7 Å². The maximum atomic E-state index is 12.6. The number of hydrogen-bond donors (Lipinski definition) is 0. The maximum absolute atomic E-state index is 12.6. The summed E-state index contributed by atoms with van der Waals surface area (Å²) in [5.41, 5.74) is 2.05. The number of hydrogen-bond acceptors (Lipinski definition) is 6. The number of para-hydroxylation sites is 1. The van der Waals surface area contributed by atoms with Gasteiger partial charge in [0.1, 0.15) is 17.3 Å². The molecule has 0 N–H and O–H groups in total. The number of rotatable bonds is 4. The molecule has 1 amide bonds. The van der Waals surface area contributed by atoms with Crippen molar-refractivity contribution in [3.8, 4) is 11.6 Å². The number of ether oxygens (including phenoxy) is 1. The van der Waals surface area contributed by atoms with Gasteiger partial charge in [-0.2, -0.15) is 4.98 Å². The summed E-state index contributed by atoms with van der Waals surface area (Å²) in [6, 6.07) is 11.4. The van der Waals surface area contributed by atoms with Crippen LogP contribution in [0.3, 0.4) is 0 Å².